The average molecular weight is 324 g/mol. The Bertz CT molecular complexity index is 558. The van der Waals surface area contributed by atoms with E-state index in [-0.39, 0.29) is 18.0 Å². The number of urea groups is 1. The van der Waals surface area contributed by atoms with Crippen LogP contribution in [-0.4, -0.2) is 55.7 Å². The van der Waals surface area contributed by atoms with Crippen LogP contribution in [0.4, 0.5) is 10.5 Å². The van der Waals surface area contributed by atoms with Crippen molar-refractivity contribution in [1.29, 1.82) is 0 Å². The molecule has 1 aromatic rings. The second kappa shape index (κ2) is 6.54. The maximum atomic E-state index is 12.2. The lowest BCUT2D eigenvalue weighted by molar-refractivity contribution is -0.117. The second-order valence-corrected chi connectivity index (χ2v) is 5.87. The van der Waals surface area contributed by atoms with E-state index in [2.05, 4.69) is 5.32 Å². The molecule has 2 heterocycles. The molecule has 1 unspecified atom stereocenters. The first-order chi connectivity index (χ1) is 10.6. The number of carbonyl (C=O) groups excluding carboxylic acids is 2. The summed E-state index contributed by atoms with van der Waals surface area (Å²) in [5.41, 5.74) is 0.803. The molecule has 2 saturated heterocycles. The molecule has 0 spiro atoms. The summed E-state index contributed by atoms with van der Waals surface area (Å²) in [5.74, 6) is 0.00889. The van der Waals surface area contributed by atoms with E-state index in [0.717, 1.165) is 5.69 Å². The molecule has 7 heteroatoms. The van der Waals surface area contributed by atoms with Crippen LogP contribution in [0.3, 0.4) is 0 Å². The fourth-order valence-electron chi connectivity index (χ4n) is 2.71. The zero-order valence-electron chi connectivity index (χ0n) is 12.1. The molecule has 118 valence electrons. The van der Waals surface area contributed by atoms with E-state index in [1.54, 1.807) is 21.9 Å². The minimum Gasteiger partial charge on any atom is -0.378 e. The van der Waals surface area contributed by atoms with Crippen molar-refractivity contribution in [3.05, 3.63) is 29.3 Å². The molecule has 0 aromatic heterocycles. The number of nitrogens with zero attached hydrogens (tertiary/aromatic N) is 2. The molecule has 6 nitrogen and oxygen atoms in total. The first-order valence-electron chi connectivity index (χ1n) is 7.32. The van der Waals surface area contributed by atoms with Gasteiger partial charge >= 0.3 is 6.03 Å². The number of halogens is 1. The van der Waals surface area contributed by atoms with Crippen molar-refractivity contribution < 1.29 is 14.3 Å². The number of rotatable bonds is 2. The highest BCUT2D eigenvalue weighted by molar-refractivity contribution is 6.30. The Balaban J connectivity index is 1.59. The number of nitrogens with one attached hydrogen (secondary N) is 1. The van der Waals surface area contributed by atoms with Gasteiger partial charge in [0, 0.05) is 36.8 Å². The van der Waals surface area contributed by atoms with Crippen LogP contribution in [0.5, 0.6) is 0 Å². The zero-order chi connectivity index (χ0) is 15.5. The second-order valence-electron chi connectivity index (χ2n) is 5.43. The Kier molecular flexibility index (Phi) is 4.49. The van der Waals surface area contributed by atoms with Crippen molar-refractivity contribution in [3.63, 3.8) is 0 Å². The molecule has 1 aromatic carbocycles. The number of ether oxygens (including phenoxy) is 1. The lowest BCUT2D eigenvalue weighted by atomic mass is 10.2. The van der Waals surface area contributed by atoms with Crippen LogP contribution < -0.4 is 10.2 Å². The van der Waals surface area contributed by atoms with Gasteiger partial charge in [-0.25, -0.2) is 4.79 Å². The van der Waals surface area contributed by atoms with Crippen LogP contribution in [-0.2, 0) is 9.53 Å². The number of hydrogen-bond donors (Lipinski definition) is 1. The normalized spacial score (nSPS) is 22.0. The zero-order valence-corrected chi connectivity index (χ0v) is 12.9. The molecule has 1 atom stereocenters. The first kappa shape index (κ1) is 15.1. The third kappa shape index (κ3) is 3.34. The summed E-state index contributed by atoms with van der Waals surface area (Å²) in [7, 11) is 0. The van der Waals surface area contributed by atoms with Gasteiger partial charge in [0.1, 0.15) is 0 Å². The average Bonchev–Trinajstić information content (AvgIpc) is 2.89. The third-order valence-electron chi connectivity index (χ3n) is 3.89. The van der Waals surface area contributed by atoms with E-state index in [1.165, 1.54) is 0 Å². The molecule has 2 fully saturated rings. The van der Waals surface area contributed by atoms with E-state index < -0.39 is 0 Å². The van der Waals surface area contributed by atoms with E-state index >= 15 is 0 Å². The Morgan fingerprint density at radius 2 is 1.91 bits per heavy atom. The Labute approximate surface area is 134 Å². The van der Waals surface area contributed by atoms with Crippen LogP contribution in [0.1, 0.15) is 6.42 Å². The van der Waals surface area contributed by atoms with Crippen LogP contribution in [0.2, 0.25) is 5.02 Å². The molecule has 2 aliphatic heterocycles. The van der Waals surface area contributed by atoms with Crippen molar-refractivity contribution >= 4 is 29.2 Å². The van der Waals surface area contributed by atoms with Gasteiger partial charge < -0.3 is 19.9 Å². The van der Waals surface area contributed by atoms with Gasteiger partial charge in [0.05, 0.1) is 19.3 Å². The Hall–Kier alpha value is -1.79. The molecule has 3 amide bonds. The number of amides is 3. The van der Waals surface area contributed by atoms with E-state index in [1.807, 2.05) is 12.1 Å². The maximum absolute atomic E-state index is 12.2. The molecular formula is C15H18ClN3O3. The van der Waals surface area contributed by atoms with Gasteiger partial charge in [-0.3, -0.25) is 4.79 Å². The SMILES string of the molecule is O=C(NC1CC(=O)N(c2ccc(Cl)cc2)C1)N1CCOCC1. The summed E-state index contributed by atoms with van der Waals surface area (Å²) >= 11 is 5.86. The largest absolute Gasteiger partial charge is 0.378 e. The number of hydrogen-bond acceptors (Lipinski definition) is 3. The van der Waals surface area contributed by atoms with Gasteiger partial charge in [-0.15, -0.1) is 0 Å². The van der Waals surface area contributed by atoms with Gasteiger partial charge in [-0.05, 0) is 24.3 Å². The van der Waals surface area contributed by atoms with E-state index in [9.17, 15) is 9.59 Å². The number of morpholine rings is 1. The highest BCUT2D eigenvalue weighted by Gasteiger charge is 2.32. The molecule has 22 heavy (non-hydrogen) atoms. The minimum atomic E-state index is -0.168. The third-order valence-corrected chi connectivity index (χ3v) is 4.14. The molecule has 0 saturated carbocycles. The van der Waals surface area contributed by atoms with Crippen LogP contribution >= 0.6 is 11.6 Å². The molecule has 1 N–H and O–H groups in total. The van der Waals surface area contributed by atoms with Crippen molar-refractivity contribution in [2.24, 2.45) is 0 Å². The van der Waals surface area contributed by atoms with Crippen LogP contribution in [0, 0.1) is 0 Å². The predicted octanol–water partition coefficient (Wildman–Crippen LogP) is 1.49. The fraction of sp³-hybridized carbons (Fsp3) is 0.467. The van der Waals surface area contributed by atoms with Crippen molar-refractivity contribution in [2.45, 2.75) is 12.5 Å². The molecule has 3 rings (SSSR count). The maximum Gasteiger partial charge on any atom is 0.317 e. The predicted molar refractivity (Wildman–Crippen MR) is 83.1 cm³/mol. The van der Waals surface area contributed by atoms with E-state index in [4.69, 9.17) is 16.3 Å². The highest BCUT2D eigenvalue weighted by atomic mass is 35.5. The monoisotopic (exact) mass is 323 g/mol. The summed E-state index contributed by atoms with van der Waals surface area (Å²) in [6, 6.07) is 6.84. The van der Waals surface area contributed by atoms with Gasteiger partial charge in [-0.2, -0.15) is 0 Å². The van der Waals surface area contributed by atoms with Crippen LogP contribution in [0.15, 0.2) is 24.3 Å². The lowest BCUT2D eigenvalue weighted by Crippen LogP contribution is -2.49. The number of carbonyl (C=O) groups is 2. The topological polar surface area (TPSA) is 61.9 Å². The fourth-order valence-corrected chi connectivity index (χ4v) is 2.83. The summed E-state index contributed by atoms with van der Waals surface area (Å²) < 4.78 is 5.23. The first-order valence-corrected chi connectivity index (χ1v) is 7.70. The van der Waals surface area contributed by atoms with Crippen molar-refractivity contribution in [3.8, 4) is 0 Å². The standard InChI is InChI=1S/C15H18ClN3O3/c16-11-1-3-13(4-2-11)19-10-12(9-14(19)20)17-15(21)18-5-7-22-8-6-18/h1-4,12H,5-10H2,(H,17,21). The molecule has 0 aliphatic carbocycles. The Morgan fingerprint density at radius 3 is 2.59 bits per heavy atom. The van der Waals surface area contributed by atoms with Crippen molar-refractivity contribution in [2.75, 3.05) is 37.7 Å². The Morgan fingerprint density at radius 1 is 1.23 bits per heavy atom. The molecule has 2 aliphatic rings. The van der Waals surface area contributed by atoms with E-state index in [0.29, 0.717) is 44.3 Å². The quantitative estimate of drug-likeness (QED) is 0.897. The van der Waals surface area contributed by atoms with Gasteiger partial charge in [-0.1, -0.05) is 11.6 Å². The van der Waals surface area contributed by atoms with Crippen LogP contribution in [0.25, 0.3) is 0 Å². The van der Waals surface area contributed by atoms with Gasteiger partial charge in [0.15, 0.2) is 0 Å². The minimum absolute atomic E-state index is 0.00889. The number of anilines is 1. The smallest absolute Gasteiger partial charge is 0.317 e. The molecule has 0 bridgehead atoms. The summed E-state index contributed by atoms with van der Waals surface area (Å²) in [4.78, 5) is 27.7. The highest BCUT2D eigenvalue weighted by Crippen LogP contribution is 2.23. The molecular weight excluding hydrogens is 306 g/mol. The number of benzene rings is 1. The lowest BCUT2D eigenvalue weighted by Gasteiger charge is -2.28. The summed E-state index contributed by atoms with van der Waals surface area (Å²) in [6.45, 7) is 2.79. The van der Waals surface area contributed by atoms with Crippen molar-refractivity contribution in [1.82, 2.24) is 10.2 Å². The summed E-state index contributed by atoms with van der Waals surface area (Å²) in [5, 5.41) is 3.56. The van der Waals surface area contributed by atoms with Gasteiger partial charge in [0.25, 0.3) is 0 Å². The van der Waals surface area contributed by atoms with Gasteiger partial charge in [0.2, 0.25) is 5.91 Å². The molecule has 0 radical (unpaired) electrons. The summed E-state index contributed by atoms with van der Waals surface area (Å²) in [6.07, 6.45) is 0.318.